The lowest BCUT2D eigenvalue weighted by Crippen LogP contribution is -2.33. The summed E-state index contributed by atoms with van der Waals surface area (Å²) in [6.07, 6.45) is 0.0590. The van der Waals surface area contributed by atoms with Crippen molar-refractivity contribution in [1.29, 1.82) is 0 Å². The molecule has 5 nitrogen and oxygen atoms in total. The van der Waals surface area contributed by atoms with Crippen molar-refractivity contribution in [3.63, 3.8) is 0 Å². The molecular formula is C7H10N2O3S2. The summed E-state index contributed by atoms with van der Waals surface area (Å²) in [4.78, 5) is 21.3. The monoisotopic (exact) mass is 234 g/mol. The number of thioether (sulfide) groups is 1. The van der Waals surface area contributed by atoms with Gasteiger partial charge in [-0.1, -0.05) is 24.0 Å². The second-order valence-corrected chi connectivity index (χ2v) is 4.61. The van der Waals surface area contributed by atoms with E-state index in [1.54, 1.807) is 0 Å². The average Bonchev–Trinajstić information content (AvgIpc) is 2.39. The van der Waals surface area contributed by atoms with Crippen LogP contribution in [-0.4, -0.2) is 39.6 Å². The van der Waals surface area contributed by atoms with E-state index in [4.69, 9.17) is 17.3 Å². The first kappa shape index (κ1) is 11.4. The maximum atomic E-state index is 11.1. The maximum Gasteiger partial charge on any atom is 0.304 e. The molecule has 14 heavy (non-hydrogen) atoms. The zero-order valence-electron chi connectivity index (χ0n) is 7.28. The molecule has 78 valence electrons. The van der Waals surface area contributed by atoms with Gasteiger partial charge in [0.1, 0.15) is 9.57 Å². The molecule has 7 heteroatoms. The van der Waals surface area contributed by atoms with Crippen LogP contribution in [0.25, 0.3) is 0 Å². The summed E-state index contributed by atoms with van der Waals surface area (Å²) in [5.41, 5.74) is 0. The molecule has 0 saturated carbocycles. The Morgan fingerprint density at radius 2 is 2.43 bits per heavy atom. The molecule has 1 saturated heterocycles. The number of rotatable bonds is 5. The first-order chi connectivity index (χ1) is 6.59. The Morgan fingerprint density at radius 1 is 1.71 bits per heavy atom. The average molecular weight is 234 g/mol. The predicted molar refractivity (Wildman–Crippen MR) is 57.2 cm³/mol. The second kappa shape index (κ2) is 5.28. The highest BCUT2D eigenvalue weighted by molar-refractivity contribution is 8.24. The Balaban J connectivity index is 2.16. The number of carbonyl (C=O) groups is 2. The van der Waals surface area contributed by atoms with Gasteiger partial charge in [-0.15, -0.1) is 0 Å². The summed E-state index contributed by atoms with van der Waals surface area (Å²) in [5.74, 6) is -0.959. The lowest BCUT2D eigenvalue weighted by Gasteiger charge is -2.05. The van der Waals surface area contributed by atoms with Gasteiger partial charge in [0, 0.05) is 13.1 Å². The summed E-state index contributed by atoms with van der Waals surface area (Å²) in [6, 6.07) is 0. The minimum atomic E-state index is -0.850. The van der Waals surface area contributed by atoms with Crippen LogP contribution in [0.1, 0.15) is 6.42 Å². The Morgan fingerprint density at radius 3 is 2.93 bits per heavy atom. The van der Waals surface area contributed by atoms with Gasteiger partial charge < -0.3 is 15.7 Å². The van der Waals surface area contributed by atoms with Gasteiger partial charge in [0.05, 0.1) is 6.42 Å². The Hall–Kier alpha value is -0.660. The van der Waals surface area contributed by atoms with Crippen LogP contribution in [0.4, 0.5) is 0 Å². The molecule has 0 bridgehead atoms. The van der Waals surface area contributed by atoms with Crippen molar-refractivity contribution in [1.82, 2.24) is 10.6 Å². The zero-order chi connectivity index (χ0) is 10.6. The van der Waals surface area contributed by atoms with Gasteiger partial charge >= 0.3 is 5.97 Å². The van der Waals surface area contributed by atoms with E-state index < -0.39 is 5.97 Å². The third-order valence-electron chi connectivity index (χ3n) is 1.61. The fraction of sp³-hybridized carbons (Fsp3) is 0.571. The van der Waals surface area contributed by atoms with Crippen LogP contribution in [0.15, 0.2) is 0 Å². The standard InChI is InChI=1S/C7H10N2O3S2/c10-5(11)1-2-8-3-4-6(12)9-7(13)14-4/h4,8H,1-3H2,(H,10,11)(H,9,12,13). The maximum absolute atomic E-state index is 11.1. The van der Waals surface area contributed by atoms with Crippen molar-refractivity contribution in [3.8, 4) is 0 Å². The van der Waals surface area contributed by atoms with E-state index >= 15 is 0 Å². The van der Waals surface area contributed by atoms with Crippen LogP contribution in [0.3, 0.4) is 0 Å². The van der Waals surface area contributed by atoms with Gasteiger partial charge in [0.25, 0.3) is 0 Å². The van der Waals surface area contributed by atoms with Crippen LogP contribution in [0.2, 0.25) is 0 Å². The van der Waals surface area contributed by atoms with Gasteiger partial charge in [-0.3, -0.25) is 9.59 Å². The number of carboxylic acids is 1. The van der Waals surface area contributed by atoms with Gasteiger partial charge in [-0.2, -0.15) is 0 Å². The molecule has 0 aromatic heterocycles. The van der Waals surface area contributed by atoms with Crippen molar-refractivity contribution >= 4 is 40.2 Å². The lowest BCUT2D eigenvalue weighted by molar-refractivity contribution is -0.136. The molecule has 0 aromatic carbocycles. The topological polar surface area (TPSA) is 78.4 Å². The third-order valence-corrected chi connectivity index (χ3v) is 2.98. The quantitative estimate of drug-likeness (QED) is 0.442. The molecule has 1 unspecified atom stereocenters. The van der Waals surface area contributed by atoms with E-state index in [1.165, 1.54) is 11.8 Å². The third kappa shape index (κ3) is 3.60. The van der Waals surface area contributed by atoms with E-state index in [-0.39, 0.29) is 17.6 Å². The SMILES string of the molecule is O=C(O)CCNCC1SC(=S)NC1=O. The van der Waals surface area contributed by atoms with Gasteiger partial charge in [0.15, 0.2) is 0 Å². The van der Waals surface area contributed by atoms with Crippen LogP contribution < -0.4 is 10.6 Å². The van der Waals surface area contributed by atoms with E-state index in [1.807, 2.05) is 0 Å². The Bertz CT molecular complexity index is 270. The first-order valence-corrected chi connectivity index (χ1v) is 5.32. The summed E-state index contributed by atoms with van der Waals surface area (Å²) in [5, 5.41) is 13.5. The smallest absolute Gasteiger partial charge is 0.304 e. The minimum absolute atomic E-state index is 0.0590. The van der Waals surface area contributed by atoms with E-state index in [2.05, 4.69) is 10.6 Å². The number of carbonyl (C=O) groups excluding carboxylic acids is 1. The van der Waals surface area contributed by atoms with Gasteiger partial charge in [0.2, 0.25) is 5.91 Å². The number of hydrogen-bond acceptors (Lipinski definition) is 5. The number of amides is 1. The van der Waals surface area contributed by atoms with Gasteiger partial charge in [-0.05, 0) is 0 Å². The number of aliphatic carboxylic acids is 1. The van der Waals surface area contributed by atoms with Gasteiger partial charge in [-0.25, -0.2) is 0 Å². The highest BCUT2D eigenvalue weighted by Crippen LogP contribution is 2.18. The molecule has 1 aliphatic rings. The zero-order valence-corrected chi connectivity index (χ0v) is 8.91. The van der Waals surface area contributed by atoms with E-state index in [0.29, 0.717) is 17.4 Å². The minimum Gasteiger partial charge on any atom is -0.481 e. The molecule has 1 heterocycles. The van der Waals surface area contributed by atoms with Crippen molar-refractivity contribution in [2.24, 2.45) is 0 Å². The van der Waals surface area contributed by atoms with Crippen molar-refractivity contribution in [3.05, 3.63) is 0 Å². The Kier molecular flexibility index (Phi) is 4.30. The molecular weight excluding hydrogens is 224 g/mol. The summed E-state index contributed by atoms with van der Waals surface area (Å²) >= 11 is 6.10. The van der Waals surface area contributed by atoms with Crippen LogP contribution in [-0.2, 0) is 9.59 Å². The largest absolute Gasteiger partial charge is 0.481 e. The number of carboxylic acid groups (broad SMARTS) is 1. The highest BCUT2D eigenvalue weighted by atomic mass is 32.2. The molecule has 1 rings (SSSR count). The molecule has 1 aliphatic heterocycles. The second-order valence-electron chi connectivity index (χ2n) is 2.73. The molecule has 0 aromatic rings. The van der Waals surface area contributed by atoms with Crippen molar-refractivity contribution in [2.45, 2.75) is 11.7 Å². The van der Waals surface area contributed by atoms with Crippen molar-refractivity contribution < 1.29 is 14.7 Å². The molecule has 3 N–H and O–H groups in total. The molecule has 1 amide bonds. The number of thiocarbonyl (C=S) groups is 1. The van der Waals surface area contributed by atoms with Crippen LogP contribution >= 0.6 is 24.0 Å². The normalized spacial score (nSPS) is 21.0. The van der Waals surface area contributed by atoms with E-state index in [9.17, 15) is 9.59 Å². The fourth-order valence-corrected chi connectivity index (χ4v) is 2.19. The van der Waals surface area contributed by atoms with E-state index in [0.717, 1.165) is 0 Å². The number of hydrogen-bond donors (Lipinski definition) is 3. The lowest BCUT2D eigenvalue weighted by atomic mass is 10.3. The Labute approximate surface area is 90.6 Å². The predicted octanol–water partition coefficient (Wildman–Crippen LogP) is -0.433. The van der Waals surface area contributed by atoms with Crippen LogP contribution in [0.5, 0.6) is 0 Å². The molecule has 0 spiro atoms. The summed E-state index contributed by atoms with van der Waals surface area (Å²) < 4.78 is 0.486. The van der Waals surface area contributed by atoms with Crippen LogP contribution in [0, 0.1) is 0 Å². The molecule has 0 aliphatic carbocycles. The summed E-state index contributed by atoms with van der Waals surface area (Å²) in [7, 11) is 0. The number of nitrogens with one attached hydrogen (secondary N) is 2. The first-order valence-electron chi connectivity index (χ1n) is 4.03. The molecule has 1 atom stereocenters. The fourth-order valence-electron chi connectivity index (χ4n) is 0.956. The molecule has 1 fully saturated rings. The summed E-state index contributed by atoms with van der Waals surface area (Å²) in [6.45, 7) is 0.816. The van der Waals surface area contributed by atoms with Crippen molar-refractivity contribution in [2.75, 3.05) is 13.1 Å². The molecule has 0 radical (unpaired) electrons. The highest BCUT2D eigenvalue weighted by Gasteiger charge is 2.28.